The van der Waals surface area contributed by atoms with Crippen LogP contribution in [0.1, 0.15) is 31.7 Å². The van der Waals surface area contributed by atoms with Gasteiger partial charge in [-0.2, -0.15) is 5.10 Å². The Balaban J connectivity index is 2.30. The molecule has 2 rings (SSSR count). The predicted octanol–water partition coefficient (Wildman–Crippen LogP) is 0.745. The van der Waals surface area contributed by atoms with Gasteiger partial charge in [-0.1, -0.05) is 13.8 Å². The van der Waals surface area contributed by atoms with Crippen molar-refractivity contribution < 1.29 is 15.3 Å². The normalized spacial score (nSPS) is 11.3. The lowest BCUT2D eigenvalue weighted by atomic mass is 9.98. The average molecular weight is 336 g/mol. The Morgan fingerprint density at radius 3 is 2.67 bits per heavy atom. The molecule has 0 radical (unpaired) electrons. The summed E-state index contributed by atoms with van der Waals surface area (Å²) < 4.78 is 1.46. The smallest absolute Gasteiger partial charge is 0.343 e. The van der Waals surface area contributed by atoms with Gasteiger partial charge in [0, 0.05) is 19.2 Å². The summed E-state index contributed by atoms with van der Waals surface area (Å²) in [4.78, 5) is 12.0. The van der Waals surface area contributed by atoms with Crippen LogP contribution in [-0.4, -0.2) is 49.8 Å². The van der Waals surface area contributed by atoms with E-state index in [-0.39, 0.29) is 29.7 Å². The fraction of sp³-hybridized carbons (Fsp3) is 0.500. The molecule has 5 N–H and O–H groups in total. The van der Waals surface area contributed by atoms with Gasteiger partial charge in [0.1, 0.15) is 11.5 Å². The third-order valence-electron chi connectivity index (χ3n) is 3.79. The first-order chi connectivity index (χ1) is 11.5. The van der Waals surface area contributed by atoms with Crippen LogP contribution >= 0.6 is 0 Å². The molecule has 24 heavy (non-hydrogen) atoms. The molecule has 8 heteroatoms. The number of aromatic hydroxyl groups is 2. The molecule has 0 fully saturated rings. The molecule has 0 saturated heterocycles. The number of aliphatic hydroxyl groups is 1. The molecule has 1 aromatic carbocycles. The number of aliphatic hydroxyl groups excluding tert-OH is 1. The van der Waals surface area contributed by atoms with Crippen molar-refractivity contribution in [3.63, 3.8) is 0 Å². The van der Waals surface area contributed by atoms with Gasteiger partial charge in [0.25, 0.3) is 0 Å². The average Bonchev–Trinajstić information content (AvgIpc) is 2.88. The maximum absolute atomic E-state index is 12.0. The standard InChI is InChI=1S/C16H24N4O4/c1-10(2)11-8-12(14(23)9-13(11)22)15-18-19-16(24)20(15)6-3-4-17-5-7-21/h8-10,17,21-23H,3-7H2,1-2H3,(H,19,24). The second-order valence-electron chi connectivity index (χ2n) is 5.91. The summed E-state index contributed by atoms with van der Waals surface area (Å²) in [6, 6.07) is 2.93. The highest BCUT2D eigenvalue weighted by molar-refractivity contribution is 5.67. The van der Waals surface area contributed by atoms with E-state index < -0.39 is 0 Å². The van der Waals surface area contributed by atoms with E-state index in [0.29, 0.717) is 43.0 Å². The highest BCUT2D eigenvalue weighted by atomic mass is 16.3. The second-order valence-corrected chi connectivity index (χ2v) is 5.91. The largest absolute Gasteiger partial charge is 0.508 e. The van der Waals surface area contributed by atoms with Crippen LogP contribution < -0.4 is 11.0 Å². The lowest BCUT2D eigenvalue weighted by Crippen LogP contribution is -2.23. The van der Waals surface area contributed by atoms with Crippen molar-refractivity contribution in [2.75, 3.05) is 19.7 Å². The minimum absolute atomic E-state index is 0.0175. The SMILES string of the molecule is CC(C)c1cc(-c2n[nH]c(=O)n2CCCNCCO)c(O)cc1O. The molecule has 0 amide bonds. The van der Waals surface area contributed by atoms with Crippen LogP contribution in [0.15, 0.2) is 16.9 Å². The van der Waals surface area contributed by atoms with Gasteiger partial charge < -0.3 is 20.6 Å². The number of hydrogen-bond donors (Lipinski definition) is 5. The number of benzene rings is 1. The van der Waals surface area contributed by atoms with Crippen LogP contribution in [0, 0.1) is 0 Å². The number of aromatic amines is 1. The predicted molar refractivity (Wildman–Crippen MR) is 90.3 cm³/mol. The highest BCUT2D eigenvalue weighted by Crippen LogP contribution is 2.36. The third kappa shape index (κ3) is 3.95. The molecule has 0 saturated carbocycles. The van der Waals surface area contributed by atoms with Gasteiger partial charge in [0.15, 0.2) is 5.82 Å². The van der Waals surface area contributed by atoms with E-state index in [2.05, 4.69) is 15.5 Å². The zero-order valence-corrected chi connectivity index (χ0v) is 13.9. The van der Waals surface area contributed by atoms with Crippen LogP contribution in [0.4, 0.5) is 0 Å². The van der Waals surface area contributed by atoms with Gasteiger partial charge in [-0.25, -0.2) is 9.89 Å². The molecule has 0 aliphatic heterocycles. The Hall–Kier alpha value is -2.32. The number of aromatic nitrogens is 3. The molecule has 0 bridgehead atoms. The van der Waals surface area contributed by atoms with Crippen molar-refractivity contribution in [2.24, 2.45) is 0 Å². The number of H-pyrrole nitrogens is 1. The van der Waals surface area contributed by atoms with Crippen LogP contribution in [-0.2, 0) is 6.54 Å². The van der Waals surface area contributed by atoms with Gasteiger partial charge in [-0.3, -0.25) is 4.57 Å². The van der Waals surface area contributed by atoms with Crippen molar-refractivity contribution in [3.8, 4) is 22.9 Å². The molecule has 0 aliphatic rings. The molecule has 0 spiro atoms. The van der Waals surface area contributed by atoms with Crippen LogP contribution in [0.3, 0.4) is 0 Å². The van der Waals surface area contributed by atoms with Gasteiger partial charge in [0.05, 0.1) is 12.2 Å². The molecule has 0 aliphatic carbocycles. The second kappa shape index (κ2) is 7.98. The Labute approximate surface area is 139 Å². The van der Waals surface area contributed by atoms with Gasteiger partial charge in [0.2, 0.25) is 0 Å². The minimum atomic E-state index is -0.356. The van der Waals surface area contributed by atoms with Crippen molar-refractivity contribution in [3.05, 3.63) is 28.2 Å². The summed E-state index contributed by atoms with van der Waals surface area (Å²) in [5.74, 6) is 0.284. The van der Waals surface area contributed by atoms with Gasteiger partial charge in [-0.15, -0.1) is 0 Å². The summed E-state index contributed by atoms with van der Waals surface area (Å²) in [6.07, 6.45) is 0.669. The van der Waals surface area contributed by atoms with Crippen molar-refractivity contribution in [1.29, 1.82) is 0 Å². The topological polar surface area (TPSA) is 123 Å². The number of nitrogens with one attached hydrogen (secondary N) is 2. The molecule has 0 atom stereocenters. The van der Waals surface area contributed by atoms with Gasteiger partial charge >= 0.3 is 5.69 Å². The molecular weight excluding hydrogens is 312 g/mol. The zero-order valence-electron chi connectivity index (χ0n) is 13.9. The Morgan fingerprint density at radius 1 is 1.25 bits per heavy atom. The number of phenols is 2. The van der Waals surface area contributed by atoms with Crippen LogP contribution in [0.25, 0.3) is 11.4 Å². The van der Waals surface area contributed by atoms with Crippen molar-refractivity contribution in [1.82, 2.24) is 20.1 Å². The fourth-order valence-corrected chi connectivity index (χ4v) is 2.53. The van der Waals surface area contributed by atoms with E-state index in [1.165, 1.54) is 10.6 Å². The molecule has 1 heterocycles. The first-order valence-corrected chi connectivity index (χ1v) is 7.98. The van der Waals surface area contributed by atoms with E-state index in [1.54, 1.807) is 6.07 Å². The Bertz CT molecular complexity index is 736. The van der Waals surface area contributed by atoms with Crippen molar-refractivity contribution >= 4 is 0 Å². The number of hydrogen-bond acceptors (Lipinski definition) is 6. The molecule has 132 valence electrons. The monoisotopic (exact) mass is 336 g/mol. The maximum atomic E-state index is 12.0. The molecule has 0 unspecified atom stereocenters. The fourth-order valence-electron chi connectivity index (χ4n) is 2.53. The van der Waals surface area contributed by atoms with Crippen LogP contribution in [0.2, 0.25) is 0 Å². The van der Waals surface area contributed by atoms with E-state index in [0.717, 1.165) is 0 Å². The first kappa shape index (κ1) is 18.0. The van der Waals surface area contributed by atoms with E-state index in [1.807, 2.05) is 13.8 Å². The lowest BCUT2D eigenvalue weighted by molar-refractivity contribution is 0.291. The number of rotatable bonds is 8. The lowest BCUT2D eigenvalue weighted by Gasteiger charge is -2.13. The molecular formula is C16H24N4O4. The quantitative estimate of drug-likeness (QED) is 0.453. The maximum Gasteiger partial charge on any atom is 0.343 e. The summed E-state index contributed by atoms with van der Waals surface area (Å²) in [5.41, 5.74) is 0.721. The highest BCUT2D eigenvalue weighted by Gasteiger charge is 2.18. The zero-order chi connectivity index (χ0) is 17.7. The molecule has 1 aromatic heterocycles. The summed E-state index contributed by atoms with van der Waals surface area (Å²) in [7, 11) is 0. The van der Waals surface area contributed by atoms with Gasteiger partial charge in [-0.05, 0) is 30.5 Å². The summed E-state index contributed by atoms with van der Waals surface area (Å²) in [6.45, 7) is 5.50. The first-order valence-electron chi connectivity index (χ1n) is 7.98. The number of phenolic OH excluding ortho intramolecular Hbond substituents is 2. The summed E-state index contributed by atoms with van der Waals surface area (Å²) >= 11 is 0. The molecule has 8 nitrogen and oxygen atoms in total. The Morgan fingerprint density at radius 2 is 2.00 bits per heavy atom. The van der Waals surface area contributed by atoms with Crippen molar-refractivity contribution in [2.45, 2.75) is 32.7 Å². The number of nitrogens with zero attached hydrogens (tertiary/aromatic N) is 2. The summed E-state index contributed by atoms with van der Waals surface area (Å²) in [5, 5.41) is 38.3. The third-order valence-corrected chi connectivity index (χ3v) is 3.79. The van der Waals surface area contributed by atoms with E-state index in [9.17, 15) is 15.0 Å². The Kier molecular flexibility index (Phi) is 5.99. The van der Waals surface area contributed by atoms with Crippen LogP contribution in [0.5, 0.6) is 11.5 Å². The molecule has 2 aromatic rings. The minimum Gasteiger partial charge on any atom is -0.508 e. The van der Waals surface area contributed by atoms with E-state index in [4.69, 9.17) is 5.11 Å². The van der Waals surface area contributed by atoms with E-state index >= 15 is 0 Å².